The maximum absolute atomic E-state index is 14.0. The summed E-state index contributed by atoms with van der Waals surface area (Å²) in [6.45, 7) is 0. The number of rotatable bonds is 5. The topological polar surface area (TPSA) is 70.4 Å². The molecular weight excluding hydrogens is 340 g/mol. The first kappa shape index (κ1) is 16.3. The van der Waals surface area contributed by atoms with Crippen molar-refractivity contribution in [3.63, 3.8) is 0 Å². The lowest BCUT2D eigenvalue weighted by Gasteiger charge is -2.20. The molecule has 122 valence electrons. The van der Waals surface area contributed by atoms with E-state index in [4.69, 9.17) is 0 Å². The summed E-state index contributed by atoms with van der Waals surface area (Å²) in [7, 11) is 0. The summed E-state index contributed by atoms with van der Waals surface area (Å²) in [6.07, 6.45) is 2.91. The predicted octanol–water partition coefficient (Wildman–Crippen LogP) is 2.24. The second-order valence-electron chi connectivity index (χ2n) is 5.04. The Morgan fingerprint density at radius 3 is 2.96 bits per heavy atom. The van der Waals surface area contributed by atoms with E-state index in [9.17, 15) is 8.78 Å². The molecule has 3 rings (SSSR count). The van der Waals surface area contributed by atoms with Crippen LogP contribution in [0.3, 0.4) is 0 Å². The number of halogens is 2. The molecule has 0 fully saturated rings. The number of hydrogen-bond acceptors (Lipinski definition) is 5. The Labute approximate surface area is 140 Å². The van der Waals surface area contributed by atoms with E-state index in [2.05, 4.69) is 21.4 Å². The van der Waals surface area contributed by atoms with Crippen LogP contribution >= 0.6 is 23.5 Å². The van der Waals surface area contributed by atoms with Gasteiger partial charge in [0.1, 0.15) is 17.7 Å². The van der Waals surface area contributed by atoms with Gasteiger partial charge in [-0.05, 0) is 24.1 Å². The van der Waals surface area contributed by atoms with E-state index >= 15 is 0 Å². The number of aromatic nitrogens is 3. The van der Waals surface area contributed by atoms with Gasteiger partial charge in [-0.25, -0.2) is 13.5 Å². The van der Waals surface area contributed by atoms with Crippen molar-refractivity contribution in [1.29, 1.82) is 0 Å². The highest BCUT2D eigenvalue weighted by atomic mass is 32.2. The van der Waals surface area contributed by atoms with Crippen molar-refractivity contribution in [2.24, 2.45) is 0 Å². The van der Waals surface area contributed by atoms with Crippen LogP contribution in [0.2, 0.25) is 0 Å². The first-order chi connectivity index (χ1) is 11.1. The predicted molar refractivity (Wildman–Crippen MR) is 88.2 cm³/mol. The van der Waals surface area contributed by atoms with Gasteiger partial charge in [0.15, 0.2) is 0 Å². The lowest BCUT2D eigenvalue weighted by atomic mass is 10.1. The van der Waals surface area contributed by atoms with Crippen molar-refractivity contribution in [3.05, 3.63) is 46.6 Å². The van der Waals surface area contributed by atoms with E-state index in [-0.39, 0.29) is 6.04 Å². The fourth-order valence-corrected chi connectivity index (χ4v) is 3.46. The lowest BCUT2D eigenvalue weighted by Crippen LogP contribution is -2.55. The minimum absolute atomic E-state index is 0.0192. The highest BCUT2D eigenvalue weighted by molar-refractivity contribution is 8.02. The summed E-state index contributed by atoms with van der Waals surface area (Å²) in [6, 6.07) is 3.49. The standard InChI is InChI=1S/C14H15F2N5S2/c1-22-5-4-11(17)13-18-19-14-21(13)20-12(7-23-14)9-3-2-8(15)6-10(9)16/h2-3,6-7,11,20H,4-5,17H2,1H3/p+1/t11-/m0/s1. The number of fused-ring (bicyclic) bond motifs is 1. The van der Waals surface area contributed by atoms with E-state index < -0.39 is 11.6 Å². The summed E-state index contributed by atoms with van der Waals surface area (Å²) >= 11 is 3.08. The maximum Gasteiger partial charge on any atom is 0.214 e. The lowest BCUT2D eigenvalue weighted by molar-refractivity contribution is -0.429. The molecule has 0 unspecified atom stereocenters. The molecule has 1 aliphatic rings. The maximum atomic E-state index is 14.0. The molecule has 0 radical (unpaired) electrons. The number of thioether (sulfide) groups is 2. The van der Waals surface area contributed by atoms with Gasteiger partial charge in [-0.2, -0.15) is 11.8 Å². The fourth-order valence-electron chi connectivity index (χ4n) is 2.21. The van der Waals surface area contributed by atoms with Crippen LogP contribution in [0.4, 0.5) is 8.78 Å². The Morgan fingerprint density at radius 1 is 1.39 bits per heavy atom. The van der Waals surface area contributed by atoms with Crippen LogP contribution in [-0.4, -0.2) is 26.9 Å². The molecule has 1 aromatic heterocycles. The first-order valence-electron chi connectivity index (χ1n) is 6.96. The Hall–Kier alpha value is -1.58. The number of benzene rings is 1. The summed E-state index contributed by atoms with van der Waals surface area (Å²) in [5.74, 6) is 0.459. The smallest absolute Gasteiger partial charge is 0.214 e. The van der Waals surface area contributed by atoms with Crippen LogP contribution < -0.4 is 11.2 Å². The average molecular weight is 356 g/mol. The third kappa shape index (κ3) is 3.36. The monoisotopic (exact) mass is 356 g/mol. The van der Waals surface area contributed by atoms with Crippen LogP contribution in [0.1, 0.15) is 23.9 Å². The van der Waals surface area contributed by atoms with Crippen LogP contribution in [0.5, 0.6) is 0 Å². The quantitative estimate of drug-likeness (QED) is 0.860. The molecule has 0 amide bonds. The molecule has 0 spiro atoms. The van der Waals surface area contributed by atoms with Crippen molar-refractivity contribution < 1.29 is 14.5 Å². The van der Waals surface area contributed by atoms with Gasteiger partial charge in [-0.15, -0.1) is 10.2 Å². The summed E-state index contributed by atoms with van der Waals surface area (Å²) in [5.41, 5.74) is 8.07. The van der Waals surface area contributed by atoms with Gasteiger partial charge in [0.2, 0.25) is 11.0 Å². The molecule has 23 heavy (non-hydrogen) atoms. The highest BCUT2D eigenvalue weighted by Gasteiger charge is 2.25. The van der Waals surface area contributed by atoms with Crippen molar-refractivity contribution in [2.75, 3.05) is 17.4 Å². The average Bonchev–Trinajstić information content (AvgIpc) is 2.95. The zero-order valence-corrected chi connectivity index (χ0v) is 14.1. The molecule has 0 saturated carbocycles. The number of nitrogens with one attached hydrogen (secondary N) is 1. The van der Waals surface area contributed by atoms with Crippen LogP contribution in [-0.2, 0) is 0 Å². The van der Waals surface area contributed by atoms with E-state index in [1.54, 1.807) is 21.8 Å². The summed E-state index contributed by atoms with van der Waals surface area (Å²) < 4.78 is 28.8. The van der Waals surface area contributed by atoms with Crippen LogP contribution in [0, 0.1) is 11.6 Å². The van der Waals surface area contributed by atoms with Gasteiger partial charge in [0, 0.05) is 23.5 Å². The number of nitrogens with zero attached hydrogens (tertiary/aromatic N) is 3. The molecule has 0 aliphatic carbocycles. The molecule has 4 N–H and O–H groups in total. The van der Waals surface area contributed by atoms with Gasteiger partial charge in [-0.1, -0.05) is 11.8 Å². The molecule has 1 aromatic carbocycles. The van der Waals surface area contributed by atoms with Crippen LogP contribution in [0.25, 0.3) is 5.70 Å². The zero-order chi connectivity index (χ0) is 16.4. The van der Waals surface area contributed by atoms with Crippen molar-refractivity contribution in [2.45, 2.75) is 17.6 Å². The normalized spacial score (nSPS) is 14.9. The van der Waals surface area contributed by atoms with E-state index in [1.807, 2.05) is 6.26 Å². The molecule has 1 aliphatic heterocycles. The number of quaternary nitrogens is 1. The van der Waals surface area contributed by atoms with E-state index in [1.165, 1.54) is 23.9 Å². The minimum atomic E-state index is -0.615. The Kier molecular flexibility index (Phi) is 4.88. The summed E-state index contributed by atoms with van der Waals surface area (Å²) in [4.78, 5) is 0. The Balaban J connectivity index is 1.86. The van der Waals surface area contributed by atoms with Gasteiger partial charge in [-0.3, -0.25) is 5.43 Å². The van der Waals surface area contributed by atoms with Gasteiger partial charge in [0.25, 0.3) is 0 Å². The number of hydrogen-bond donors (Lipinski definition) is 2. The molecule has 2 heterocycles. The van der Waals surface area contributed by atoms with E-state index in [0.717, 1.165) is 18.2 Å². The first-order valence-corrected chi connectivity index (χ1v) is 9.24. The van der Waals surface area contributed by atoms with Crippen molar-refractivity contribution in [3.8, 4) is 0 Å². The zero-order valence-electron chi connectivity index (χ0n) is 12.4. The van der Waals surface area contributed by atoms with Gasteiger partial charge in [0.05, 0.1) is 5.70 Å². The summed E-state index contributed by atoms with van der Waals surface area (Å²) in [5, 5.41) is 10.7. The van der Waals surface area contributed by atoms with Gasteiger partial charge < -0.3 is 5.73 Å². The Bertz CT molecular complexity index is 747. The third-order valence-corrected chi connectivity index (χ3v) is 4.90. The SMILES string of the molecule is CSCC[C@H]([NH3+])c1nnc2n1NC(c1ccc(F)cc1F)=CS2. The van der Waals surface area contributed by atoms with Gasteiger partial charge >= 0.3 is 0 Å². The molecular formula is C14H16F2N5S2+. The molecule has 9 heteroatoms. The third-order valence-electron chi connectivity index (χ3n) is 3.43. The minimum Gasteiger partial charge on any atom is -0.349 e. The molecule has 2 aromatic rings. The molecule has 5 nitrogen and oxygen atoms in total. The molecule has 0 saturated heterocycles. The second kappa shape index (κ2) is 6.90. The second-order valence-corrected chi connectivity index (χ2v) is 6.86. The Morgan fingerprint density at radius 2 is 2.22 bits per heavy atom. The molecule has 0 bridgehead atoms. The fraction of sp³-hybridized carbons (Fsp3) is 0.286. The van der Waals surface area contributed by atoms with E-state index in [0.29, 0.717) is 22.2 Å². The highest BCUT2D eigenvalue weighted by Crippen LogP contribution is 2.30. The van der Waals surface area contributed by atoms with Crippen molar-refractivity contribution >= 4 is 29.2 Å². The van der Waals surface area contributed by atoms with Crippen LogP contribution in [0.15, 0.2) is 28.8 Å². The van der Waals surface area contributed by atoms with Crippen molar-refractivity contribution in [1.82, 2.24) is 14.9 Å². The molecule has 1 atom stereocenters. The largest absolute Gasteiger partial charge is 0.349 e.